The predicted octanol–water partition coefficient (Wildman–Crippen LogP) is -0.517. The van der Waals surface area contributed by atoms with Crippen LogP contribution in [-0.4, -0.2) is 31.6 Å². The number of nitrogens with one attached hydrogen (secondary N) is 1. The Balaban J connectivity index is 2.44. The zero-order valence-corrected chi connectivity index (χ0v) is 6.29. The molecule has 1 aliphatic heterocycles. The van der Waals surface area contributed by atoms with E-state index in [1.807, 2.05) is 0 Å². The van der Waals surface area contributed by atoms with Crippen molar-refractivity contribution in [2.75, 3.05) is 19.8 Å². The van der Waals surface area contributed by atoms with Crippen molar-refractivity contribution in [2.45, 2.75) is 6.92 Å². The van der Waals surface area contributed by atoms with Gasteiger partial charge in [-0.1, -0.05) is 0 Å². The van der Waals surface area contributed by atoms with Crippen molar-refractivity contribution in [3.63, 3.8) is 0 Å². The molecule has 0 spiro atoms. The fourth-order valence-electron chi connectivity index (χ4n) is 0.660. The van der Waals surface area contributed by atoms with E-state index < -0.39 is 5.97 Å². The minimum Gasteiger partial charge on any atom is -0.460 e. The second-order valence-electron chi connectivity index (χ2n) is 1.90. The second-order valence-corrected chi connectivity index (χ2v) is 1.90. The molecule has 0 aliphatic carbocycles. The van der Waals surface area contributed by atoms with Crippen LogP contribution in [0.4, 0.5) is 0 Å². The molecule has 1 N–H and O–H groups in total. The van der Waals surface area contributed by atoms with Crippen molar-refractivity contribution in [1.82, 2.24) is 5.48 Å². The fraction of sp³-hybridized carbons (Fsp3) is 0.667. The van der Waals surface area contributed by atoms with Crippen LogP contribution in [-0.2, 0) is 14.4 Å². The van der Waals surface area contributed by atoms with Crippen molar-refractivity contribution in [3.05, 3.63) is 0 Å². The molecule has 1 rings (SSSR count). The lowest BCUT2D eigenvalue weighted by Crippen LogP contribution is -2.37. The molecule has 0 aromatic carbocycles. The van der Waals surface area contributed by atoms with Crippen LogP contribution in [0.3, 0.4) is 0 Å². The summed E-state index contributed by atoms with van der Waals surface area (Å²) >= 11 is 0. The molecule has 5 heteroatoms. The molecule has 62 valence electrons. The number of rotatable bonds is 2. The van der Waals surface area contributed by atoms with Crippen molar-refractivity contribution in [3.8, 4) is 0 Å². The van der Waals surface area contributed by atoms with Crippen LogP contribution in [0, 0.1) is 0 Å². The number of aliphatic imine (C=N–C) groups is 1. The van der Waals surface area contributed by atoms with Crippen molar-refractivity contribution >= 4 is 11.8 Å². The fourth-order valence-corrected chi connectivity index (χ4v) is 0.660. The summed E-state index contributed by atoms with van der Waals surface area (Å²) in [5, 5.41) is 0. The number of esters is 1. The zero-order chi connectivity index (χ0) is 8.10. The van der Waals surface area contributed by atoms with Crippen LogP contribution in [0.5, 0.6) is 0 Å². The maximum atomic E-state index is 10.9. The van der Waals surface area contributed by atoms with Gasteiger partial charge in [-0.15, -0.1) is 0 Å². The Bertz CT molecular complexity index is 179. The van der Waals surface area contributed by atoms with Crippen LogP contribution in [0.25, 0.3) is 0 Å². The Kier molecular flexibility index (Phi) is 2.85. The lowest BCUT2D eigenvalue weighted by Gasteiger charge is -2.12. The average molecular weight is 158 g/mol. The van der Waals surface area contributed by atoms with Crippen molar-refractivity contribution in [2.24, 2.45) is 4.99 Å². The summed E-state index contributed by atoms with van der Waals surface area (Å²) < 4.78 is 4.67. The smallest absolute Gasteiger partial charge is 0.375 e. The van der Waals surface area contributed by atoms with E-state index in [1.54, 1.807) is 6.92 Å². The highest BCUT2D eigenvalue weighted by molar-refractivity contribution is 6.35. The van der Waals surface area contributed by atoms with Gasteiger partial charge in [0.05, 0.1) is 19.8 Å². The molecular formula is C6H10N2O3. The summed E-state index contributed by atoms with van der Waals surface area (Å²) in [5.74, 6) is -0.315. The van der Waals surface area contributed by atoms with Crippen LogP contribution >= 0.6 is 0 Å². The lowest BCUT2D eigenvalue weighted by molar-refractivity contribution is -0.136. The van der Waals surface area contributed by atoms with Gasteiger partial charge in [-0.3, -0.25) is 9.83 Å². The van der Waals surface area contributed by atoms with Gasteiger partial charge >= 0.3 is 5.97 Å². The molecule has 0 fully saturated rings. The highest BCUT2D eigenvalue weighted by Gasteiger charge is 2.14. The van der Waals surface area contributed by atoms with E-state index in [0.29, 0.717) is 19.8 Å². The molecular weight excluding hydrogens is 148 g/mol. The molecule has 0 atom stereocenters. The molecule has 0 aromatic rings. The predicted molar refractivity (Wildman–Crippen MR) is 38.0 cm³/mol. The Morgan fingerprint density at radius 2 is 2.73 bits per heavy atom. The number of hydrogen-bond donors (Lipinski definition) is 1. The number of carbonyl (C=O) groups is 1. The summed E-state index contributed by atoms with van der Waals surface area (Å²) in [5.41, 5.74) is 2.38. The standard InChI is InChI=1S/C6H10N2O3/c1-2-10-6(9)5-7-3-4-11-8-5/h2-4H2,1H3,(H,7,8). The van der Waals surface area contributed by atoms with Gasteiger partial charge in [0.25, 0.3) is 0 Å². The van der Waals surface area contributed by atoms with E-state index in [9.17, 15) is 4.79 Å². The molecule has 0 aromatic heterocycles. The topological polar surface area (TPSA) is 59.9 Å². The zero-order valence-electron chi connectivity index (χ0n) is 6.29. The van der Waals surface area contributed by atoms with Gasteiger partial charge in [-0.05, 0) is 6.92 Å². The molecule has 0 radical (unpaired) electrons. The van der Waals surface area contributed by atoms with Crippen LogP contribution in [0.2, 0.25) is 0 Å². The first-order chi connectivity index (χ1) is 5.34. The molecule has 1 heterocycles. The minimum absolute atomic E-state index is 0.151. The third-order valence-electron chi connectivity index (χ3n) is 1.10. The van der Waals surface area contributed by atoms with Gasteiger partial charge in [0.15, 0.2) is 0 Å². The molecule has 1 aliphatic rings. The summed E-state index contributed by atoms with van der Waals surface area (Å²) in [6, 6.07) is 0. The first kappa shape index (κ1) is 8.00. The Hall–Kier alpha value is -1.10. The monoisotopic (exact) mass is 158 g/mol. The van der Waals surface area contributed by atoms with Crippen LogP contribution in [0.15, 0.2) is 4.99 Å². The third kappa shape index (κ3) is 2.19. The maximum Gasteiger partial charge on any atom is 0.375 e. The molecule has 0 saturated heterocycles. The highest BCUT2D eigenvalue weighted by Crippen LogP contribution is 1.88. The molecule has 5 nitrogen and oxygen atoms in total. The number of hydrogen-bond acceptors (Lipinski definition) is 5. The first-order valence-corrected chi connectivity index (χ1v) is 3.44. The summed E-state index contributed by atoms with van der Waals surface area (Å²) in [6.07, 6.45) is 0. The van der Waals surface area contributed by atoms with E-state index in [0.717, 1.165) is 0 Å². The van der Waals surface area contributed by atoms with Gasteiger partial charge in [0.1, 0.15) is 0 Å². The number of amidine groups is 1. The summed E-state index contributed by atoms with van der Waals surface area (Å²) in [4.78, 5) is 19.5. The molecule has 0 amide bonds. The molecule has 0 unspecified atom stereocenters. The van der Waals surface area contributed by atoms with Gasteiger partial charge in [0.2, 0.25) is 5.84 Å². The Labute approximate surface area is 64.3 Å². The number of nitrogens with zero attached hydrogens (tertiary/aromatic N) is 1. The highest BCUT2D eigenvalue weighted by atomic mass is 16.7. The quantitative estimate of drug-likeness (QED) is 0.549. The van der Waals surface area contributed by atoms with Gasteiger partial charge in [0, 0.05) is 0 Å². The number of hydroxylamine groups is 1. The van der Waals surface area contributed by atoms with E-state index in [1.165, 1.54) is 0 Å². The number of carbonyl (C=O) groups excluding carboxylic acids is 1. The van der Waals surface area contributed by atoms with Crippen LogP contribution in [0.1, 0.15) is 6.92 Å². The van der Waals surface area contributed by atoms with Gasteiger partial charge < -0.3 is 4.74 Å². The second kappa shape index (κ2) is 3.92. The van der Waals surface area contributed by atoms with E-state index in [-0.39, 0.29) is 5.84 Å². The van der Waals surface area contributed by atoms with E-state index in [4.69, 9.17) is 4.84 Å². The molecule has 0 bridgehead atoms. The van der Waals surface area contributed by atoms with Crippen molar-refractivity contribution < 1.29 is 14.4 Å². The molecule has 0 saturated carbocycles. The average Bonchev–Trinajstić information content (AvgIpc) is 2.07. The van der Waals surface area contributed by atoms with E-state index >= 15 is 0 Å². The van der Waals surface area contributed by atoms with Gasteiger partial charge in [-0.25, -0.2) is 10.3 Å². The summed E-state index contributed by atoms with van der Waals surface area (Å²) in [7, 11) is 0. The Morgan fingerprint density at radius 1 is 1.91 bits per heavy atom. The van der Waals surface area contributed by atoms with Crippen LogP contribution < -0.4 is 5.48 Å². The lowest BCUT2D eigenvalue weighted by atomic mass is 10.5. The van der Waals surface area contributed by atoms with Gasteiger partial charge in [-0.2, -0.15) is 0 Å². The first-order valence-electron chi connectivity index (χ1n) is 3.44. The maximum absolute atomic E-state index is 10.9. The number of ether oxygens (including phenoxy) is 1. The Morgan fingerprint density at radius 3 is 3.27 bits per heavy atom. The minimum atomic E-state index is -0.466. The molecule has 11 heavy (non-hydrogen) atoms. The largest absolute Gasteiger partial charge is 0.460 e. The SMILES string of the molecule is CCOC(=O)C1=NCCON1. The third-order valence-corrected chi connectivity index (χ3v) is 1.10. The summed E-state index contributed by atoms with van der Waals surface area (Å²) in [6.45, 7) is 3.08. The normalized spacial score (nSPS) is 16.6. The van der Waals surface area contributed by atoms with E-state index in [2.05, 4.69) is 15.2 Å². The van der Waals surface area contributed by atoms with Crippen molar-refractivity contribution in [1.29, 1.82) is 0 Å².